The third-order valence-electron chi connectivity index (χ3n) is 9.74. The summed E-state index contributed by atoms with van der Waals surface area (Å²) in [4.78, 5) is 44.1. The quantitative estimate of drug-likeness (QED) is 0.233. The van der Waals surface area contributed by atoms with Crippen LogP contribution in [-0.2, 0) is 25.2 Å². The topological polar surface area (TPSA) is 165 Å². The number of carboxylic acids is 1. The van der Waals surface area contributed by atoms with Gasteiger partial charge in [0.05, 0.1) is 32.4 Å². The number of hydrogen-bond acceptors (Lipinski definition) is 12. The minimum Gasteiger partial charge on any atom is -0.480 e. The maximum absolute atomic E-state index is 14.1. The largest absolute Gasteiger partial charge is 0.480 e. The maximum Gasteiger partial charge on any atom is 0.451 e. The van der Waals surface area contributed by atoms with E-state index in [4.69, 9.17) is 23.6 Å². The van der Waals surface area contributed by atoms with E-state index in [0.29, 0.717) is 54.4 Å². The van der Waals surface area contributed by atoms with E-state index in [2.05, 4.69) is 25.2 Å². The normalized spacial score (nSPS) is 21.4. The van der Waals surface area contributed by atoms with Crippen LogP contribution < -0.4 is 19.9 Å². The number of benzene rings is 1. The number of carbonyl (C=O) groups is 2. The lowest BCUT2D eigenvalue weighted by molar-refractivity contribution is -0.228. The zero-order chi connectivity index (χ0) is 36.4. The Balaban J connectivity index is 1.16. The van der Waals surface area contributed by atoms with Crippen LogP contribution in [0.2, 0.25) is 0 Å². The minimum atomic E-state index is -4.91. The van der Waals surface area contributed by atoms with Crippen LogP contribution in [0, 0.1) is 0 Å². The number of carboxylic acid groups (broad SMARTS) is 1. The smallest absolute Gasteiger partial charge is 0.451 e. The van der Waals surface area contributed by atoms with Gasteiger partial charge in [-0.3, -0.25) is 4.79 Å². The average molecular weight is 720 g/mol. The molecule has 4 aromatic heterocycles. The van der Waals surface area contributed by atoms with Gasteiger partial charge in [0.25, 0.3) is 0 Å². The molecule has 0 unspecified atom stereocenters. The molecule has 1 aromatic carbocycles. The zero-order valence-electron chi connectivity index (χ0n) is 27.9. The first-order valence-electron chi connectivity index (χ1n) is 16.6. The van der Waals surface area contributed by atoms with Crippen molar-refractivity contribution in [3.05, 3.63) is 60.7 Å². The predicted molar refractivity (Wildman–Crippen MR) is 180 cm³/mol. The second kappa shape index (κ2) is 12.6. The van der Waals surface area contributed by atoms with Gasteiger partial charge in [-0.15, -0.1) is 0 Å². The summed E-state index contributed by atoms with van der Waals surface area (Å²) in [6.45, 7) is 5.00. The van der Waals surface area contributed by atoms with Gasteiger partial charge in [0.2, 0.25) is 17.6 Å². The molecular weight excluding hydrogens is 687 g/mol. The SMILES string of the molecule is CC(=O)Nc1ccc(-c2cnc(O[C@H]3C[C@@H](C(=O)O)N(c4nc(C(F)(F)F)nc5c4oc4ccccc45)C3)c(N3CCOC4(COC4)[C@@H]3C)c2)cn1. The monoisotopic (exact) mass is 719 g/mol. The lowest BCUT2D eigenvalue weighted by Crippen LogP contribution is -2.68. The second-order valence-electron chi connectivity index (χ2n) is 13.1. The Morgan fingerprint density at radius 3 is 2.54 bits per heavy atom. The average Bonchev–Trinajstić information content (AvgIpc) is 3.69. The zero-order valence-corrected chi connectivity index (χ0v) is 27.9. The molecular formula is C35H32F3N7O7. The number of carbonyl (C=O) groups excluding carboxylic acids is 1. The molecule has 52 heavy (non-hydrogen) atoms. The molecule has 1 spiro atoms. The number of amides is 1. The number of rotatable bonds is 7. The molecule has 0 aliphatic carbocycles. The van der Waals surface area contributed by atoms with Crippen LogP contribution in [0.1, 0.15) is 26.1 Å². The maximum atomic E-state index is 14.1. The number of ether oxygens (including phenoxy) is 3. The third-order valence-corrected chi connectivity index (χ3v) is 9.74. The van der Waals surface area contributed by atoms with Crippen molar-refractivity contribution in [3.8, 4) is 17.0 Å². The minimum absolute atomic E-state index is 0.0578. The molecule has 7 heterocycles. The Labute approximate surface area is 293 Å². The van der Waals surface area contributed by atoms with E-state index in [1.165, 1.54) is 11.8 Å². The number of hydrogen-bond donors (Lipinski definition) is 2. The summed E-state index contributed by atoms with van der Waals surface area (Å²) in [5.74, 6) is -2.62. The van der Waals surface area contributed by atoms with Gasteiger partial charge in [0.15, 0.2) is 11.4 Å². The molecule has 3 saturated heterocycles. The fraction of sp³-hybridized carbons (Fsp3) is 0.371. The molecule has 3 aliphatic heterocycles. The van der Waals surface area contributed by atoms with Gasteiger partial charge in [0, 0.05) is 48.8 Å². The van der Waals surface area contributed by atoms with Crippen molar-refractivity contribution in [1.82, 2.24) is 19.9 Å². The van der Waals surface area contributed by atoms with Crippen molar-refractivity contribution < 1.29 is 46.5 Å². The molecule has 3 fully saturated rings. The van der Waals surface area contributed by atoms with Gasteiger partial charge in [-0.25, -0.2) is 24.7 Å². The van der Waals surface area contributed by atoms with E-state index >= 15 is 0 Å². The van der Waals surface area contributed by atoms with Gasteiger partial charge < -0.3 is 38.9 Å². The van der Waals surface area contributed by atoms with Crippen molar-refractivity contribution in [2.45, 2.75) is 50.2 Å². The van der Waals surface area contributed by atoms with Gasteiger partial charge >= 0.3 is 12.1 Å². The lowest BCUT2D eigenvalue weighted by atomic mass is 9.90. The Morgan fingerprint density at radius 2 is 1.85 bits per heavy atom. The van der Waals surface area contributed by atoms with E-state index in [9.17, 15) is 27.9 Å². The van der Waals surface area contributed by atoms with Crippen LogP contribution in [0.15, 0.2) is 59.3 Å². The molecule has 3 atom stereocenters. The molecule has 17 heteroatoms. The van der Waals surface area contributed by atoms with Crippen LogP contribution in [0.25, 0.3) is 33.2 Å². The fourth-order valence-electron chi connectivity index (χ4n) is 7.02. The summed E-state index contributed by atoms with van der Waals surface area (Å²) in [5, 5.41) is 13.3. The summed E-state index contributed by atoms with van der Waals surface area (Å²) < 4.78 is 66.4. The number of aliphatic carboxylic acids is 1. The molecule has 8 rings (SSSR count). The Hall–Kier alpha value is -5.55. The van der Waals surface area contributed by atoms with Crippen LogP contribution in [0.3, 0.4) is 0 Å². The molecule has 5 aromatic rings. The number of halogens is 3. The molecule has 0 bridgehead atoms. The standard InChI is InChI=1S/C35H32F3N7O7/c1-18-34(16-49-17-34)50-10-9-44(18)24-11-21(20-7-8-27(39-13-20)41-19(2)46)14-40-31(24)51-22-12-25(32(47)48)45(15-22)30-29-28(42-33(43-30)35(36,37)38)23-5-3-4-6-26(23)52-29/h3-8,11,13-14,18,22,25H,9-10,12,15-17H2,1-2H3,(H,47,48)(H,39,41,46)/t18-,22-,25-/m0/s1. The third kappa shape index (κ3) is 5.88. The first kappa shape index (κ1) is 33.6. The first-order chi connectivity index (χ1) is 24.9. The molecule has 0 radical (unpaired) electrons. The van der Waals surface area contributed by atoms with Crippen LogP contribution in [0.5, 0.6) is 5.88 Å². The summed E-state index contributed by atoms with van der Waals surface area (Å²) in [7, 11) is 0. The van der Waals surface area contributed by atoms with Gasteiger partial charge in [0.1, 0.15) is 40.4 Å². The van der Waals surface area contributed by atoms with E-state index in [1.54, 1.807) is 48.8 Å². The van der Waals surface area contributed by atoms with Gasteiger partial charge in [-0.05, 0) is 37.3 Å². The highest BCUT2D eigenvalue weighted by molar-refractivity contribution is 6.06. The van der Waals surface area contributed by atoms with E-state index < -0.39 is 35.7 Å². The lowest BCUT2D eigenvalue weighted by Gasteiger charge is -2.53. The molecule has 270 valence electrons. The molecule has 0 saturated carbocycles. The molecule has 1 amide bonds. The number of nitrogens with zero attached hydrogens (tertiary/aromatic N) is 6. The van der Waals surface area contributed by atoms with Crippen molar-refractivity contribution in [2.75, 3.05) is 48.0 Å². The number of aromatic nitrogens is 4. The summed E-state index contributed by atoms with van der Waals surface area (Å²) in [6, 6.07) is 10.4. The molecule has 2 N–H and O–H groups in total. The number of para-hydroxylation sites is 1. The summed E-state index contributed by atoms with van der Waals surface area (Å²) >= 11 is 0. The number of nitrogens with one attached hydrogen (secondary N) is 1. The second-order valence-corrected chi connectivity index (χ2v) is 13.1. The highest BCUT2D eigenvalue weighted by Gasteiger charge is 2.50. The van der Waals surface area contributed by atoms with Crippen molar-refractivity contribution >= 4 is 51.3 Å². The summed E-state index contributed by atoms with van der Waals surface area (Å²) in [6.07, 6.45) is -2.61. The predicted octanol–water partition coefficient (Wildman–Crippen LogP) is 4.92. The van der Waals surface area contributed by atoms with Crippen LogP contribution >= 0.6 is 0 Å². The fourth-order valence-corrected chi connectivity index (χ4v) is 7.02. The number of alkyl halides is 3. The number of fused-ring (bicyclic) bond motifs is 3. The Bertz CT molecular complexity index is 2190. The first-order valence-corrected chi connectivity index (χ1v) is 16.6. The van der Waals surface area contributed by atoms with E-state index in [-0.39, 0.29) is 53.3 Å². The van der Waals surface area contributed by atoms with Gasteiger partial charge in [-0.2, -0.15) is 13.2 Å². The Kier molecular flexibility index (Phi) is 8.13. The number of anilines is 3. The number of morpholine rings is 1. The van der Waals surface area contributed by atoms with E-state index in [1.807, 2.05) is 13.0 Å². The van der Waals surface area contributed by atoms with Crippen molar-refractivity contribution in [2.24, 2.45) is 0 Å². The Morgan fingerprint density at radius 1 is 1.06 bits per heavy atom. The van der Waals surface area contributed by atoms with E-state index in [0.717, 1.165) is 0 Å². The number of furan rings is 1. The summed E-state index contributed by atoms with van der Waals surface area (Å²) in [5.41, 5.74) is 1.65. The van der Waals surface area contributed by atoms with Crippen molar-refractivity contribution in [1.29, 1.82) is 0 Å². The van der Waals surface area contributed by atoms with Crippen LogP contribution in [-0.4, -0.2) is 93.6 Å². The molecule has 14 nitrogen and oxygen atoms in total. The van der Waals surface area contributed by atoms with Gasteiger partial charge in [-0.1, -0.05) is 12.1 Å². The highest BCUT2D eigenvalue weighted by Crippen LogP contribution is 2.42. The number of pyridine rings is 2. The molecule has 3 aliphatic rings. The van der Waals surface area contributed by atoms with Crippen LogP contribution in [0.4, 0.5) is 30.5 Å². The van der Waals surface area contributed by atoms with Crippen molar-refractivity contribution in [3.63, 3.8) is 0 Å². The highest BCUT2D eigenvalue weighted by atomic mass is 19.4.